The number of aromatic nitrogens is 2. The van der Waals surface area contributed by atoms with Crippen molar-refractivity contribution >= 4 is 17.8 Å². The minimum atomic E-state index is -0.000575. The fourth-order valence-corrected chi connectivity index (χ4v) is 4.49. The summed E-state index contributed by atoms with van der Waals surface area (Å²) in [6.07, 6.45) is 5.63. The predicted molar refractivity (Wildman–Crippen MR) is 129 cm³/mol. The van der Waals surface area contributed by atoms with E-state index in [2.05, 4.69) is 28.6 Å². The molecular formula is C26H28N6O2. The van der Waals surface area contributed by atoms with E-state index in [-0.39, 0.29) is 11.9 Å². The van der Waals surface area contributed by atoms with Crippen molar-refractivity contribution in [2.45, 2.75) is 38.1 Å². The summed E-state index contributed by atoms with van der Waals surface area (Å²) < 4.78 is 5.05. The fraction of sp³-hybridized carbons (Fsp3) is 0.423. The summed E-state index contributed by atoms with van der Waals surface area (Å²) in [4.78, 5) is 25.9. The van der Waals surface area contributed by atoms with E-state index in [1.54, 1.807) is 19.3 Å². The molecule has 3 heterocycles. The third-order valence-corrected chi connectivity index (χ3v) is 6.41. The van der Waals surface area contributed by atoms with E-state index in [0.717, 1.165) is 29.7 Å². The van der Waals surface area contributed by atoms with E-state index in [1.165, 1.54) is 6.20 Å². The van der Waals surface area contributed by atoms with Crippen molar-refractivity contribution < 1.29 is 9.53 Å². The number of carbonyl (C=O) groups excluding carboxylic acids is 1. The second-order valence-electron chi connectivity index (χ2n) is 8.78. The van der Waals surface area contributed by atoms with Gasteiger partial charge in [-0.2, -0.15) is 10.5 Å². The molecule has 1 saturated heterocycles. The van der Waals surface area contributed by atoms with Gasteiger partial charge in [-0.1, -0.05) is 6.58 Å². The molecule has 2 fully saturated rings. The predicted octanol–water partition coefficient (Wildman–Crippen LogP) is 3.48. The number of nitriles is 2. The van der Waals surface area contributed by atoms with Crippen LogP contribution in [-0.2, 0) is 9.53 Å². The molecule has 0 N–H and O–H groups in total. The zero-order valence-corrected chi connectivity index (χ0v) is 19.6. The van der Waals surface area contributed by atoms with Crippen molar-refractivity contribution in [3.63, 3.8) is 0 Å². The molecule has 8 heteroatoms. The molecule has 2 aromatic rings. The SMILES string of the molecule is C=Cc1ncc(C#N)cc1-c1cc(C#N)c(N2CCN(C(=O)CCOC)C(C)C2)nc1C1CC1. The minimum absolute atomic E-state index is 0.000575. The van der Waals surface area contributed by atoms with Crippen molar-refractivity contribution in [2.24, 2.45) is 0 Å². The lowest BCUT2D eigenvalue weighted by molar-refractivity contribution is -0.134. The lowest BCUT2D eigenvalue weighted by Crippen LogP contribution is -2.54. The summed E-state index contributed by atoms with van der Waals surface area (Å²) in [7, 11) is 1.59. The Hall–Kier alpha value is -3.75. The molecule has 2 aromatic heterocycles. The Bertz CT molecular complexity index is 1190. The highest BCUT2D eigenvalue weighted by Gasteiger charge is 2.33. The Morgan fingerprint density at radius 3 is 2.68 bits per heavy atom. The van der Waals surface area contributed by atoms with Gasteiger partial charge in [-0.15, -0.1) is 0 Å². The largest absolute Gasteiger partial charge is 0.384 e. The Morgan fingerprint density at radius 1 is 1.26 bits per heavy atom. The average Bonchev–Trinajstić information content (AvgIpc) is 3.71. The number of nitrogens with zero attached hydrogens (tertiary/aromatic N) is 6. The highest BCUT2D eigenvalue weighted by Crippen LogP contribution is 2.45. The van der Waals surface area contributed by atoms with Crippen molar-refractivity contribution in [3.05, 3.63) is 47.4 Å². The van der Waals surface area contributed by atoms with E-state index < -0.39 is 0 Å². The smallest absolute Gasteiger partial charge is 0.225 e. The van der Waals surface area contributed by atoms with E-state index in [4.69, 9.17) is 9.72 Å². The topological polar surface area (TPSA) is 106 Å². The molecule has 1 atom stereocenters. The van der Waals surface area contributed by atoms with Gasteiger partial charge in [0.1, 0.15) is 18.0 Å². The van der Waals surface area contributed by atoms with E-state index in [1.807, 2.05) is 17.9 Å². The molecule has 8 nitrogen and oxygen atoms in total. The Balaban J connectivity index is 1.70. The molecule has 4 rings (SSSR count). The van der Waals surface area contributed by atoms with Gasteiger partial charge in [0.25, 0.3) is 0 Å². The first-order valence-corrected chi connectivity index (χ1v) is 11.5. The monoisotopic (exact) mass is 456 g/mol. The summed E-state index contributed by atoms with van der Waals surface area (Å²) in [5.74, 6) is 1.06. The lowest BCUT2D eigenvalue weighted by atomic mass is 9.96. The number of anilines is 1. The normalized spacial score (nSPS) is 17.7. The second-order valence-corrected chi connectivity index (χ2v) is 8.78. The van der Waals surface area contributed by atoms with Crippen LogP contribution < -0.4 is 4.90 Å². The molecule has 0 radical (unpaired) electrons. The van der Waals surface area contributed by atoms with Crippen molar-refractivity contribution in [1.29, 1.82) is 10.5 Å². The minimum Gasteiger partial charge on any atom is -0.384 e. The number of amides is 1. The zero-order chi connectivity index (χ0) is 24.2. The lowest BCUT2D eigenvalue weighted by Gasteiger charge is -2.41. The average molecular weight is 457 g/mol. The quantitative estimate of drug-likeness (QED) is 0.628. The molecule has 34 heavy (non-hydrogen) atoms. The van der Waals surface area contributed by atoms with Crippen LogP contribution in [0.15, 0.2) is 24.9 Å². The van der Waals surface area contributed by atoms with Crippen LogP contribution in [0.2, 0.25) is 0 Å². The molecule has 1 aliphatic carbocycles. The fourth-order valence-electron chi connectivity index (χ4n) is 4.49. The Morgan fingerprint density at radius 2 is 2.06 bits per heavy atom. The Labute approximate surface area is 200 Å². The maximum absolute atomic E-state index is 12.5. The molecule has 1 aliphatic heterocycles. The molecule has 2 aliphatic rings. The summed E-state index contributed by atoms with van der Waals surface area (Å²) in [6.45, 7) is 8.09. The summed E-state index contributed by atoms with van der Waals surface area (Å²) in [5.41, 5.74) is 4.13. The standard InChI is InChI=1S/C26H28N6O2/c1-4-23-21(11-18(13-27)15-29-23)22-12-20(14-28)26(30-25(22)19-5-6-19)31-8-9-32(17(2)16-31)24(33)7-10-34-3/h4,11-12,15,17,19H,1,5-10,16H2,2-3H3. The molecule has 0 aromatic carbocycles. The zero-order valence-electron chi connectivity index (χ0n) is 19.6. The summed E-state index contributed by atoms with van der Waals surface area (Å²) >= 11 is 0. The van der Waals surface area contributed by atoms with Gasteiger partial charge in [-0.05, 0) is 38.0 Å². The van der Waals surface area contributed by atoms with Crippen LogP contribution in [0.3, 0.4) is 0 Å². The highest BCUT2D eigenvalue weighted by molar-refractivity contribution is 5.79. The van der Waals surface area contributed by atoms with Gasteiger partial charge in [0.15, 0.2) is 0 Å². The third-order valence-electron chi connectivity index (χ3n) is 6.41. The molecular weight excluding hydrogens is 428 g/mol. The molecule has 0 spiro atoms. The Kier molecular flexibility index (Phi) is 6.90. The van der Waals surface area contributed by atoms with Crippen LogP contribution in [0.1, 0.15) is 54.6 Å². The van der Waals surface area contributed by atoms with Gasteiger partial charge < -0.3 is 14.5 Å². The van der Waals surface area contributed by atoms with Crippen molar-refractivity contribution in [2.75, 3.05) is 38.3 Å². The van der Waals surface area contributed by atoms with E-state index >= 15 is 0 Å². The number of ether oxygens (including phenoxy) is 1. The van der Waals surface area contributed by atoms with Gasteiger partial charge in [0.2, 0.25) is 5.91 Å². The number of pyridine rings is 2. The van der Waals surface area contributed by atoms with Crippen LogP contribution >= 0.6 is 0 Å². The second kappa shape index (κ2) is 10.0. The molecule has 0 bridgehead atoms. The van der Waals surface area contributed by atoms with Crippen molar-refractivity contribution in [1.82, 2.24) is 14.9 Å². The number of methoxy groups -OCH3 is 1. The van der Waals surface area contributed by atoms with Gasteiger partial charge >= 0.3 is 0 Å². The number of carbonyl (C=O) groups is 1. The third kappa shape index (κ3) is 4.64. The van der Waals surface area contributed by atoms with Gasteiger partial charge in [0, 0.05) is 56.0 Å². The van der Waals surface area contributed by atoms with Crippen LogP contribution in [0.5, 0.6) is 0 Å². The summed E-state index contributed by atoms with van der Waals surface area (Å²) in [6, 6.07) is 8.13. The maximum Gasteiger partial charge on any atom is 0.225 e. The van der Waals surface area contributed by atoms with Crippen LogP contribution in [0.25, 0.3) is 17.2 Å². The van der Waals surface area contributed by atoms with Gasteiger partial charge in [0.05, 0.1) is 35.5 Å². The number of hydrogen-bond acceptors (Lipinski definition) is 7. The first kappa shape index (κ1) is 23.4. The molecule has 174 valence electrons. The van der Waals surface area contributed by atoms with Crippen molar-refractivity contribution in [3.8, 4) is 23.3 Å². The maximum atomic E-state index is 12.5. The summed E-state index contributed by atoms with van der Waals surface area (Å²) in [5, 5.41) is 19.4. The first-order valence-electron chi connectivity index (χ1n) is 11.5. The molecule has 1 amide bonds. The van der Waals surface area contributed by atoms with Crippen LogP contribution in [0, 0.1) is 22.7 Å². The highest BCUT2D eigenvalue weighted by atomic mass is 16.5. The number of rotatable bonds is 7. The van der Waals surface area contributed by atoms with Crippen LogP contribution in [-0.4, -0.2) is 60.2 Å². The molecule has 1 unspecified atom stereocenters. The molecule has 1 saturated carbocycles. The van der Waals surface area contributed by atoms with E-state index in [0.29, 0.717) is 61.2 Å². The van der Waals surface area contributed by atoms with Crippen LogP contribution in [0.4, 0.5) is 5.82 Å². The number of hydrogen-bond donors (Lipinski definition) is 0. The van der Waals surface area contributed by atoms with Gasteiger partial charge in [-0.25, -0.2) is 4.98 Å². The number of piperazine rings is 1. The van der Waals surface area contributed by atoms with E-state index in [9.17, 15) is 15.3 Å². The first-order chi connectivity index (χ1) is 16.5. The van der Waals surface area contributed by atoms with Gasteiger partial charge in [-0.3, -0.25) is 9.78 Å².